The number of nitrogens with zero attached hydrogens (tertiary/aromatic N) is 1. The van der Waals surface area contributed by atoms with E-state index in [9.17, 15) is 9.18 Å². The highest BCUT2D eigenvalue weighted by molar-refractivity contribution is 7.99. The van der Waals surface area contributed by atoms with Gasteiger partial charge in [-0.2, -0.15) is 0 Å². The summed E-state index contributed by atoms with van der Waals surface area (Å²) in [6, 6.07) is 5.65. The molecule has 0 unspecified atom stereocenters. The molecule has 1 aliphatic heterocycles. The van der Waals surface area contributed by atoms with Gasteiger partial charge in [0.1, 0.15) is 11.6 Å². The van der Waals surface area contributed by atoms with E-state index in [0.717, 1.165) is 18.2 Å². The van der Waals surface area contributed by atoms with Crippen LogP contribution in [-0.4, -0.2) is 35.6 Å². The van der Waals surface area contributed by atoms with E-state index in [4.69, 9.17) is 4.74 Å². The van der Waals surface area contributed by atoms with Crippen molar-refractivity contribution in [2.45, 2.75) is 0 Å². The Morgan fingerprint density at radius 1 is 1.44 bits per heavy atom. The van der Waals surface area contributed by atoms with Crippen molar-refractivity contribution < 1.29 is 13.9 Å². The number of carbonyl (C=O) groups excluding carboxylic acids is 1. The van der Waals surface area contributed by atoms with E-state index in [1.807, 2.05) is 0 Å². The third-order valence-electron chi connectivity index (χ3n) is 2.28. The molecule has 0 atom stereocenters. The molecule has 0 N–H and O–H groups in total. The van der Waals surface area contributed by atoms with E-state index in [0.29, 0.717) is 5.75 Å². The molecule has 1 aliphatic rings. The number of carbonyl (C=O) groups is 1. The number of hydrogen-bond acceptors (Lipinski definition) is 3. The van der Waals surface area contributed by atoms with Gasteiger partial charge in [0.15, 0.2) is 6.61 Å². The average Bonchev–Trinajstić information content (AvgIpc) is 2.81. The van der Waals surface area contributed by atoms with Gasteiger partial charge in [-0.25, -0.2) is 4.39 Å². The molecule has 1 aromatic rings. The Morgan fingerprint density at radius 3 is 2.81 bits per heavy atom. The predicted molar refractivity (Wildman–Crippen MR) is 60.9 cm³/mol. The molecule has 1 heterocycles. The van der Waals surface area contributed by atoms with Crippen LogP contribution >= 0.6 is 11.8 Å². The lowest BCUT2D eigenvalue weighted by molar-refractivity contribution is -0.131. The molecular weight excluding hydrogens is 229 g/mol. The van der Waals surface area contributed by atoms with Crippen molar-refractivity contribution in [2.24, 2.45) is 0 Å². The Balaban J connectivity index is 1.82. The van der Waals surface area contributed by atoms with Gasteiger partial charge in [0.05, 0.1) is 5.88 Å². The largest absolute Gasteiger partial charge is 0.484 e. The van der Waals surface area contributed by atoms with Crippen molar-refractivity contribution in [2.75, 3.05) is 24.8 Å². The van der Waals surface area contributed by atoms with Gasteiger partial charge in [0.2, 0.25) is 0 Å². The summed E-state index contributed by atoms with van der Waals surface area (Å²) in [4.78, 5) is 13.4. The maximum absolute atomic E-state index is 12.6. The SMILES string of the molecule is O=C(COc1ccc(F)cc1)N1CCSC1. The summed E-state index contributed by atoms with van der Waals surface area (Å²) in [5.74, 6) is 1.92. The average molecular weight is 241 g/mol. The molecule has 0 bridgehead atoms. The fourth-order valence-electron chi connectivity index (χ4n) is 1.38. The molecule has 1 fully saturated rings. The summed E-state index contributed by atoms with van der Waals surface area (Å²) >= 11 is 1.73. The molecule has 0 spiro atoms. The first-order valence-corrected chi connectivity index (χ1v) is 6.15. The topological polar surface area (TPSA) is 29.5 Å². The van der Waals surface area contributed by atoms with Crippen LogP contribution in [0.3, 0.4) is 0 Å². The summed E-state index contributed by atoms with van der Waals surface area (Å²) in [7, 11) is 0. The molecule has 0 aliphatic carbocycles. The van der Waals surface area contributed by atoms with Crippen molar-refractivity contribution in [1.82, 2.24) is 4.90 Å². The van der Waals surface area contributed by atoms with E-state index < -0.39 is 0 Å². The van der Waals surface area contributed by atoms with Crippen LogP contribution in [0.1, 0.15) is 0 Å². The van der Waals surface area contributed by atoms with Gasteiger partial charge in [0.25, 0.3) is 5.91 Å². The van der Waals surface area contributed by atoms with Crippen LogP contribution in [0.5, 0.6) is 5.75 Å². The molecule has 1 amide bonds. The maximum Gasteiger partial charge on any atom is 0.261 e. The summed E-state index contributed by atoms with van der Waals surface area (Å²) in [5, 5.41) is 0. The van der Waals surface area contributed by atoms with E-state index in [-0.39, 0.29) is 18.3 Å². The van der Waals surface area contributed by atoms with Crippen LogP contribution in [0.15, 0.2) is 24.3 Å². The second-order valence-corrected chi connectivity index (χ2v) is 4.51. The van der Waals surface area contributed by atoms with Crippen LogP contribution in [0.25, 0.3) is 0 Å². The molecule has 0 aromatic heterocycles. The van der Waals surface area contributed by atoms with Crippen molar-refractivity contribution in [1.29, 1.82) is 0 Å². The predicted octanol–water partition coefficient (Wildman–Crippen LogP) is 1.74. The monoisotopic (exact) mass is 241 g/mol. The van der Waals surface area contributed by atoms with Gasteiger partial charge in [-0.15, -0.1) is 11.8 Å². The Bertz CT molecular complexity index is 363. The van der Waals surface area contributed by atoms with Crippen molar-refractivity contribution in [3.8, 4) is 5.75 Å². The molecule has 16 heavy (non-hydrogen) atoms. The van der Waals surface area contributed by atoms with Gasteiger partial charge in [-0.05, 0) is 24.3 Å². The minimum atomic E-state index is -0.311. The highest BCUT2D eigenvalue weighted by Gasteiger charge is 2.18. The first-order valence-electron chi connectivity index (χ1n) is 4.99. The fourth-order valence-corrected chi connectivity index (χ4v) is 2.35. The lowest BCUT2D eigenvalue weighted by atomic mass is 10.3. The van der Waals surface area contributed by atoms with Gasteiger partial charge in [-0.3, -0.25) is 4.79 Å². The van der Waals surface area contributed by atoms with Crippen molar-refractivity contribution >= 4 is 17.7 Å². The number of halogens is 1. The normalized spacial score (nSPS) is 15.2. The Labute approximate surface area is 97.6 Å². The Hall–Kier alpha value is -1.23. The summed E-state index contributed by atoms with van der Waals surface area (Å²) in [6.07, 6.45) is 0. The molecule has 1 saturated heterocycles. The van der Waals surface area contributed by atoms with Gasteiger partial charge < -0.3 is 9.64 Å². The second kappa shape index (κ2) is 5.21. The molecular formula is C11H12FNO2S. The minimum absolute atomic E-state index is 0.0191. The van der Waals surface area contributed by atoms with E-state index in [1.54, 1.807) is 16.7 Å². The number of amides is 1. The third-order valence-corrected chi connectivity index (χ3v) is 3.25. The molecule has 0 radical (unpaired) electrons. The molecule has 86 valence electrons. The highest BCUT2D eigenvalue weighted by atomic mass is 32.2. The Morgan fingerprint density at radius 2 is 2.19 bits per heavy atom. The van der Waals surface area contributed by atoms with E-state index >= 15 is 0 Å². The smallest absolute Gasteiger partial charge is 0.261 e. The molecule has 2 rings (SSSR count). The summed E-state index contributed by atoms with van der Waals surface area (Å²) < 4.78 is 17.9. The minimum Gasteiger partial charge on any atom is -0.484 e. The number of ether oxygens (including phenoxy) is 1. The first kappa shape index (κ1) is 11.3. The number of hydrogen-bond donors (Lipinski definition) is 0. The lowest BCUT2D eigenvalue weighted by Gasteiger charge is -2.14. The Kier molecular flexibility index (Phi) is 3.66. The molecule has 5 heteroatoms. The zero-order chi connectivity index (χ0) is 11.4. The van der Waals surface area contributed by atoms with Crippen LogP contribution in [0.4, 0.5) is 4.39 Å². The van der Waals surface area contributed by atoms with Gasteiger partial charge in [-0.1, -0.05) is 0 Å². The maximum atomic E-state index is 12.6. The van der Waals surface area contributed by atoms with E-state index in [1.165, 1.54) is 24.3 Å². The van der Waals surface area contributed by atoms with Crippen LogP contribution in [0, 0.1) is 5.82 Å². The third kappa shape index (κ3) is 2.88. The fraction of sp³-hybridized carbons (Fsp3) is 0.364. The van der Waals surface area contributed by atoms with E-state index in [2.05, 4.69) is 0 Å². The molecule has 0 saturated carbocycles. The van der Waals surface area contributed by atoms with Crippen LogP contribution < -0.4 is 4.74 Å². The highest BCUT2D eigenvalue weighted by Crippen LogP contribution is 2.14. The second-order valence-electron chi connectivity index (χ2n) is 3.44. The summed E-state index contributed by atoms with van der Waals surface area (Å²) in [5.41, 5.74) is 0. The number of thioether (sulfide) groups is 1. The van der Waals surface area contributed by atoms with Crippen LogP contribution in [-0.2, 0) is 4.79 Å². The zero-order valence-corrected chi connectivity index (χ0v) is 9.50. The van der Waals surface area contributed by atoms with Crippen molar-refractivity contribution in [3.05, 3.63) is 30.1 Å². The van der Waals surface area contributed by atoms with Gasteiger partial charge in [0, 0.05) is 12.3 Å². The van der Waals surface area contributed by atoms with Crippen LogP contribution in [0.2, 0.25) is 0 Å². The molecule has 3 nitrogen and oxygen atoms in total. The van der Waals surface area contributed by atoms with Gasteiger partial charge >= 0.3 is 0 Å². The first-order chi connectivity index (χ1) is 7.75. The lowest BCUT2D eigenvalue weighted by Crippen LogP contribution is -2.32. The van der Waals surface area contributed by atoms with Crippen molar-refractivity contribution in [3.63, 3.8) is 0 Å². The number of benzene rings is 1. The quantitative estimate of drug-likeness (QED) is 0.807. The summed E-state index contributed by atoms with van der Waals surface area (Å²) in [6.45, 7) is 0.808. The zero-order valence-electron chi connectivity index (χ0n) is 8.69. The number of rotatable bonds is 3. The standard InChI is InChI=1S/C11H12FNO2S/c12-9-1-3-10(4-2-9)15-7-11(14)13-5-6-16-8-13/h1-4H,5-8H2. The molecule has 1 aromatic carbocycles.